The van der Waals surface area contributed by atoms with Gasteiger partial charge in [-0.05, 0) is 13.3 Å². The number of rotatable bonds is 5. The lowest BCUT2D eigenvalue weighted by Gasteiger charge is -2.07. The zero-order valence-corrected chi connectivity index (χ0v) is 7.80. The van der Waals surface area contributed by atoms with E-state index < -0.39 is 0 Å². The molecule has 1 atom stereocenters. The molecular formula is C8H18N2O2. The monoisotopic (exact) mass is 174 g/mol. The second-order valence-corrected chi connectivity index (χ2v) is 2.85. The van der Waals surface area contributed by atoms with Crippen LogP contribution in [-0.4, -0.2) is 25.3 Å². The fourth-order valence-corrected chi connectivity index (χ4v) is 0.605. The zero-order chi connectivity index (χ0) is 9.40. The first-order valence-corrected chi connectivity index (χ1v) is 4.33. The summed E-state index contributed by atoms with van der Waals surface area (Å²) in [5, 5.41) is 2.55. The molecule has 0 aliphatic carbocycles. The van der Waals surface area contributed by atoms with E-state index in [2.05, 4.69) is 5.32 Å². The largest absolute Gasteiger partial charge is 0.450 e. The van der Waals surface area contributed by atoms with Crippen molar-refractivity contribution in [3.05, 3.63) is 0 Å². The topological polar surface area (TPSA) is 64.3 Å². The van der Waals surface area contributed by atoms with Crippen molar-refractivity contribution in [1.82, 2.24) is 5.32 Å². The van der Waals surface area contributed by atoms with Crippen LogP contribution in [0, 0.1) is 0 Å². The molecule has 0 saturated carbocycles. The van der Waals surface area contributed by atoms with Crippen molar-refractivity contribution >= 4 is 6.09 Å². The van der Waals surface area contributed by atoms with Crippen molar-refractivity contribution in [3.8, 4) is 0 Å². The van der Waals surface area contributed by atoms with E-state index in [0.717, 1.165) is 12.8 Å². The molecular weight excluding hydrogens is 156 g/mol. The molecule has 0 fully saturated rings. The Morgan fingerprint density at radius 3 is 2.83 bits per heavy atom. The van der Waals surface area contributed by atoms with E-state index in [9.17, 15) is 4.79 Å². The summed E-state index contributed by atoms with van der Waals surface area (Å²) in [5.41, 5.74) is 5.43. The molecule has 0 aromatic rings. The molecule has 0 unspecified atom stereocenters. The molecule has 1 amide bonds. The molecule has 0 aliphatic heterocycles. The minimum atomic E-state index is -0.374. The summed E-state index contributed by atoms with van der Waals surface area (Å²) in [6, 6.07) is -0.0243. The van der Waals surface area contributed by atoms with E-state index >= 15 is 0 Å². The van der Waals surface area contributed by atoms with E-state index in [0.29, 0.717) is 13.2 Å². The number of amides is 1. The van der Waals surface area contributed by atoms with Crippen molar-refractivity contribution in [2.45, 2.75) is 32.7 Å². The predicted octanol–water partition coefficient (Wildman–Crippen LogP) is 0.860. The number of hydrogen-bond acceptors (Lipinski definition) is 3. The molecule has 0 aromatic heterocycles. The Morgan fingerprint density at radius 2 is 2.33 bits per heavy atom. The van der Waals surface area contributed by atoms with Gasteiger partial charge in [-0.1, -0.05) is 13.3 Å². The van der Waals surface area contributed by atoms with Crippen molar-refractivity contribution in [2.75, 3.05) is 13.2 Å². The SMILES string of the molecule is CCCCOC(=O)NC[C@H](C)N. The van der Waals surface area contributed by atoms with Gasteiger partial charge in [-0.15, -0.1) is 0 Å². The molecule has 0 heterocycles. The van der Waals surface area contributed by atoms with Crippen LogP contribution in [0.15, 0.2) is 0 Å². The number of unbranched alkanes of at least 4 members (excludes halogenated alkanes) is 1. The summed E-state index contributed by atoms with van der Waals surface area (Å²) in [5.74, 6) is 0. The van der Waals surface area contributed by atoms with Crippen LogP contribution in [0.3, 0.4) is 0 Å². The van der Waals surface area contributed by atoms with Crippen LogP contribution in [0.2, 0.25) is 0 Å². The van der Waals surface area contributed by atoms with Gasteiger partial charge in [0, 0.05) is 12.6 Å². The summed E-state index contributed by atoms with van der Waals surface area (Å²) >= 11 is 0. The Labute approximate surface area is 73.5 Å². The van der Waals surface area contributed by atoms with E-state index in [4.69, 9.17) is 10.5 Å². The van der Waals surface area contributed by atoms with Gasteiger partial charge in [0.05, 0.1) is 6.61 Å². The predicted molar refractivity (Wildman–Crippen MR) is 47.9 cm³/mol. The third-order valence-electron chi connectivity index (χ3n) is 1.30. The summed E-state index contributed by atoms with van der Waals surface area (Å²) in [6.45, 7) is 4.82. The van der Waals surface area contributed by atoms with Crippen molar-refractivity contribution < 1.29 is 9.53 Å². The Hall–Kier alpha value is -0.770. The molecule has 0 spiro atoms. The first-order chi connectivity index (χ1) is 5.66. The van der Waals surface area contributed by atoms with Crippen molar-refractivity contribution in [2.24, 2.45) is 5.73 Å². The molecule has 4 nitrogen and oxygen atoms in total. The first kappa shape index (κ1) is 11.2. The first-order valence-electron chi connectivity index (χ1n) is 4.33. The average Bonchev–Trinajstić information content (AvgIpc) is 2.01. The fraction of sp³-hybridized carbons (Fsp3) is 0.875. The summed E-state index contributed by atoms with van der Waals surface area (Å²) in [6.07, 6.45) is 1.56. The Morgan fingerprint density at radius 1 is 1.67 bits per heavy atom. The van der Waals surface area contributed by atoms with Gasteiger partial charge in [0.15, 0.2) is 0 Å². The number of carbonyl (C=O) groups excluding carboxylic acids is 1. The van der Waals surface area contributed by atoms with Gasteiger partial charge < -0.3 is 15.8 Å². The minimum Gasteiger partial charge on any atom is -0.450 e. The van der Waals surface area contributed by atoms with Gasteiger partial charge in [0.1, 0.15) is 0 Å². The summed E-state index contributed by atoms with van der Waals surface area (Å²) in [4.78, 5) is 10.8. The number of nitrogens with one attached hydrogen (secondary N) is 1. The molecule has 72 valence electrons. The van der Waals surface area contributed by atoms with Crippen LogP contribution >= 0.6 is 0 Å². The van der Waals surface area contributed by atoms with E-state index in [1.54, 1.807) is 0 Å². The normalized spacial score (nSPS) is 12.2. The second kappa shape index (κ2) is 6.91. The van der Waals surface area contributed by atoms with Crippen molar-refractivity contribution in [3.63, 3.8) is 0 Å². The Bertz CT molecular complexity index is 126. The highest BCUT2D eigenvalue weighted by Gasteiger charge is 2.01. The fourth-order valence-electron chi connectivity index (χ4n) is 0.605. The number of carbonyl (C=O) groups is 1. The average molecular weight is 174 g/mol. The van der Waals surface area contributed by atoms with Crippen LogP contribution in [0.25, 0.3) is 0 Å². The molecule has 0 aliphatic rings. The smallest absolute Gasteiger partial charge is 0.407 e. The highest BCUT2D eigenvalue weighted by atomic mass is 16.5. The maximum atomic E-state index is 10.8. The zero-order valence-electron chi connectivity index (χ0n) is 7.80. The van der Waals surface area contributed by atoms with Crippen LogP contribution in [0.5, 0.6) is 0 Å². The van der Waals surface area contributed by atoms with Gasteiger partial charge >= 0.3 is 6.09 Å². The maximum absolute atomic E-state index is 10.8. The van der Waals surface area contributed by atoms with Gasteiger partial charge in [-0.3, -0.25) is 0 Å². The number of nitrogens with two attached hydrogens (primary N) is 1. The third-order valence-corrected chi connectivity index (χ3v) is 1.30. The van der Waals surface area contributed by atoms with Crippen LogP contribution in [-0.2, 0) is 4.74 Å². The van der Waals surface area contributed by atoms with Gasteiger partial charge in [0.2, 0.25) is 0 Å². The second-order valence-electron chi connectivity index (χ2n) is 2.85. The molecule has 0 saturated heterocycles. The standard InChI is InChI=1S/C8H18N2O2/c1-3-4-5-12-8(11)10-6-7(2)9/h7H,3-6,9H2,1-2H3,(H,10,11)/t7-/m0/s1. The molecule has 0 bridgehead atoms. The molecule has 3 N–H and O–H groups in total. The highest BCUT2D eigenvalue weighted by Crippen LogP contribution is 1.88. The van der Waals surface area contributed by atoms with Crippen LogP contribution in [0.4, 0.5) is 4.79 Å². The van der Waals surface area contributed by atoms with Crippen LogP contribution < -0.4 is 11.1 Å². The number of ether oxygens (including phenoxy) is 1. The van der Waals surface area contributed by atoms with Gasteiger partial charge in [-0.25, -0.2) is 4.79 Å². The molecule has 12 heavy (non-hydrogen) atoms. The lowest BCUT2D eigenvalue weighted by Crippen LogP contribution is -2.35. The van der Waals surface area contributed by atoms with Gasteiger partial charge in [-0.2, -0.15) is 0 Å². The molecule has 0 aromatic carbocycles. The van der Waals surface area contributed by atoms with Gasteiger partial charge in [0.25, 0.3) is 0 Å². The number of hydrogen-bond donors (Lipinski definition) is 2. The quantitative estimate of drug-likeness (QED) is 0.607. The van der Waals surface area contributed by atoms with E-state index in [1.807, 2.05) is 13.8 Å². The molecule has 0 rings (SSSR count). The lowest BCUT2D eigenvalue weighted by atomic mass is 10.4. The number of alkyl carbamates (subject to hydrolysis) is 1. The highest BCUT2D eigenvalue weighted by molar-refractivity contribution is 5.67. The van der Waals surface area contributed by atoms with E-state index in [-0.39, 0.29) is 12.1 Å². The van der Waals surface area contributed by atoms with Crippen molar-refractivity contribution in [1.29, 1.82) is 0 Å². The Balaban J connectivity index is 3.22. The summed E-state index contributed by atoms with van der Waals surface area (Å²) < 4.78 is 4.83. The van der Waals surface area contributed by atoms with Crippen LogP contribution in [0.1, 0.15) is 26.7 Å². The lowest BCUT2D eigenvalue weighted by molar-refractivity contribution is 0.144. The maximum Gasteiger partial charge on any atom is 0.407 e. The summed E-state index contributed by atoms with van der Waals surface area (Å²) in [7, 11) is 0. The minimum absolute atomic E-state index is 0.0243. The third kappa shape index (κ3) is 7.34. The van der Waals surface area contributed by atoms with E-state index in [1.165, 1.54) is 0 Å². The molecule has 0 radical (unpaired) electrons. The molecule has 4 heteroatoms. The Kier molecular flexibility index (Phi) is 6.47.